The minimum atomic E-state index is 0.921. The molecule has 0 fully saturated rings. The van der Waals surface area contributed by atoms with Crippen molar-refractivity contribution in [1.82, 2.24) is 5.32 Å². The largest absolute Gasteiger partial charge is 0.398 e. The molecule has 2 rings (SSSR count). The lowest BCUT2D eigenvalue weighted by Crippen LogP contribution is -2.11. The summed E-state index contributed by atoms with van der Waals surface area (Å²) in [5.41, 5.74) is 9.55. The molecule has 0 unspecified atom stereocenters. The summed E-state index contributed by atoms with van der Waals surface area (Å²) in [6.07, 6.45) is 0.973. The Hall–Kier alpha value is -1.32. The Balaban J connectivity index is 2.35. The molecule has 0 aliphatic carbocycles. The predicted molar refractivity (Wildman–Crippen MR) is 76.5 cm³/mol. The fraction of sp³-hybridized carbons (Fsp3) is 0.286. The average molecular weight is 246 g/mol. The molecule has 0 saturated carbocycles. The number of thiophene rings is 1. The van der Waals surface area contributed by atoms with E-state index in [2.05, 4.69) is 42.6 Å². The van der Waals surface area contributed by atoms with Crippen LogP contribution in [0, 0.1) is 6.92 Å². The van der Waals surface area contributed by atoms with Crippen molar-refractivity contribution in [3.63, 3.8) is 0 Å². The zero-order valence-electron chi connectivity index (χ0n) is 10.3. The van der Waals surface area contributed by atoms with E-state index in [1.165, 1.54) is 15.3 Å². The Morgan fingerprint density at radius 2 is 2.06 bits per heavy atom. The maximum Gasteiger partial charge on any atom is 0.0435 e. The van der Waals surface area contributed by atoms with Gasteiger partial charge in [-0.25, -0.2) is 0 Å². The van der Waals surface area contributed by atoms with E-state index in [4.69, 9.17) is 5.73 Å². The number of likely N-dealkylation sites (N-methyl/N-ethyl adjacent to an activating group) is 1. The number of aryl methyl sites for hydroxylation is 1. The molecule has 0 spiro atoms. The average Bonchev–Trinajstić information content (AvgIpc) is 2.74. The van der Waals surface area contributed by atoms with Crippen LogP contribution in [0.1, 0.15) is 10.4 Å². The maximum absolute atomic E-state index is 6.24. The number of benzene rings is 1. The van der Waals surface area contributed by atoms with Gasteiger partial charge in [0, 0.05) is 21.0 Å². The van der Waals surface area contributed by atoms with Crippen LogP contribution in [0.2, 0.25) is 0 Å². The second-order valence-electron chi connectivity index (χ2n) is 4.14. The molecule has 0 saturated heterocycles. The van der Waals surface area contributed by atoms with Gasteiger partial charge in [-0.2, -0.15) is 0 Å². The summed E-state index contributed by atoms with van der Waals surface area (Å²) < 4.78 is 0. The van der Waals surface area contributed by atoms with Gasteiger partial charge in [0.25, 0.3) is 0 Å². The van der Waals surface area contributed by atoms with Gasteiger partial charge in [0.2, 0.25) is 0 Å². The van der Waals surface area contributed by atoms with Crippen LogP contribution in [0.4, 0.5) is 5.69 Å². The SMILES string of the molecule is CNCCc1cccc(-c2ccc(C)s2)c1N. The maximum atomic E-state index is 6.24. The third-order valence-corrected chi connectivity index (χ3v) is 3.88. The number of nitrogen functional groups attached to an aromatic ring is 1. The van der Waals surface area contributed by atoms with Crippen molar-refractivity contribution in [1.29, 1.82) is 0 Å². The van der Waals surface area contributed by atoms with Gasteiger partial charge in [-0.3, -0.25) is 0 Å². The Bertz CT molecular complexity index is 503. The Morgan fingerprint density at radius 1 is 1.24 bits per heavy atom. The number of hydrogen-bond donors (Lipinski definition) is 2. The molecule has 1 aromatic heterocycles. The fourth-order valence-corrected chi connectivity index (χ4v) is 2.79. The number of nitrogens with one attached hydrogen (secondary N) is 1. The monoisotopic (exact) mass is 246 g/mol. The predicted octanol–water partition coefficient (Wildman–Crippen LogP) is 3.07. The van der Waals surface area contributed by atoms with Crippen LogP contribution >= 0.6 is 11.3 Å². The topological polar surface area (TPSA) is 38.0 Å². The van der Waals surface area contributed by atoms with Crippen LogP contribution in [0.3, 0.4) is 0 Å². The number of para-hydroxylation sites is 1. The molecule has 17 heavy (non-hydrogen) atoms. The van der Waals surface area contributed by atoms with E-state index in [1.54, 1.807) is 11.3 Å². The van der Waals surface area contributed by atoms with Crippen LogP contribution in [-0.4, -0.2) is 13.6 Å². The summed E-state index contributed by atoms with van der Waals surface area (Å²) >= 11 is 1.79. The van der Waals surface area contributed by atoms with Crippen molar-refractivity contribution in [2.45, 2.75) is 13.3 Å². The van der Waals surface area contributed by atoms with Crippen molar-refractivity contribution < 1.29 is 0 Å². The summed E-state index contributed by atoms with van der Waals surface area (Å²) in [5.74, 6) is 0. The summed E-state index contributed by atoms with van der Waals surface area (Å²) in [5, 5.41) is 3.15. The molecule has 90 valence electrons. The van der Waals surface area contributed by atoms with Crippen LogP contribution in [0.5, 0.6) is 0 Å². The highest BCUT2D eigenvalue weighted by Gasteiger charge is 2.08. The molecule has 1 aromatic carbocycles. The smallest absolute Gasteiger partial charge is 0.0435 e. The van der Waals surface area contributed by atoms with Crippen molar-refractivity contribution in [3.05, 3.63) is 40.8 Å². The van der Waals surface area contributed by atoms with Gasteiger partial charge >= 0.3 is 0 Å². The minimum absolute atomic E-state index is 0.921. The summed E-state index contributed by atoms with van der Waals surface area (Å²) in [6.45, 7) is 3.08. The lowest BCUT2D eigenvalue weighted by atomic mass is 10.0. The first-order valence-corrected chi connectivity index (χ1v) is 6.63. The second-order valence-corrected chi connectivity index (χ2v) is 5.43. The molecule has 0 atom stereocenters. The molecular weight excluding hydrogens is 228 g/mol. The van der Waals surface area contributed by atoms with E-state index in [0.29, 0.717) is 0 Å². The molecule has 0 amide bonds. The summed E-state index contributed by atoms with van der Waals surface area (Å²) in [7, 11) is 1.96. The molecule has 2 aromatic rings. The van der Waals surface area contributed by atoms with Crippen LogP contribution in [-0.2, 0) is 6.42 Å². The van der Waals surface area contributed by atoms with E-state index in [0.717, 1.165) is 24.2 Å². The first-order chi connectivity index (χ1) is 8.22. The number of anilines is 1. The molecule has 1 heterocycles. The van der Waals surface area contributed by atoms with Crippen molar-refractivity contribution in [3.8, 4) is 10.4 Å². The zero-order valence-corrected chi connectivity index (χ0v) is 11.1. The van der Waals surface area contributed by atoms with Crippen molar-refractivity contribution in [2.24, 2.45) is 0 Å². The molecule has 0 radical (unpaired) electrons. The van der Waals surface area contributed by atoms with Crippen LogP contribution in [0.25, 0.3) is 10.4 Å². The molecule has 0 bridgehead atoms. The Kier molecular flexibility index (Phi) is 3.82. The van der Waals surface area contributed by atoms with Gasteiger partial charge < -0.3 is 11.1 Å². The first-order valence-electron chi connectivity index (χ1n) is 5.81. The molecule has 3 heteroatoms. The number of hydrogen-bond acceptors (Lipinski definition) is 3. The van der Waals surface area contributed by atoms with Gasteiger partial charge in [-0.1, -0.05) is 18.2 Å². The van der Waals surface area contributed by atoms with E-state index >= 15 is 0 Å². The standard InChI is InChI=1S/C14H18N2S/c1-10-6-7-13(17-10)12-5-3-4-11(14(12)15)8-9-16-2/h3-7,16H,8-9,15H2,1-2H3. The third kappa shape index (κ3) is 2.68. The quantitative estimate of drug-likeness (QED) is 0.814. The lowest BCUT2D eigenvalue weighted by Gasteiger charge is -2.09. The highest BCUT2D eigenvalue weighted by atomic mass is 32.1. The van der Waals surface area contributed by atoms with E-state index in [9.17, 15) is 0 Å². The molecule has 0 aliphatic heterocycles. The normalized spacial score (nSPS) is 10.7. The minimum Gasteiger partial charge on any atom is -0.398 e. The van der Waals surface area contributed by atoms with Gasteiger partial charge in [0.05, 0.1) is 0 Å². The third-order valence-electron chi connectivity index (χ3n) is 2.85. The number of nitrogens with two attached hydrogens (primary N) is 1. The van der Waals surface area contributed by atoms with Crippen molar-refractivity contribution >= 4 is 17.0 Å². The molecule has 2 nitrogen and oxygen atoms in total. The van der Waals surface area contributed by atoms with Gasteiger partial charge in [-0.15, -0.1) is 11.3 Å². The summed E-state index contributed by atoms with van der Waals surface area (Å²) in [6, 6.07) is 10.6. The van der Waals surface area contributed by atoms with E-state index in [-0.39, 0.29) is 0 Å². The van der Waals surface area contributed by atoms with Gasteiger partial charge in [0.15, 0.2) is 0 Å². The van der Waals surface area contributed by atoms with E-state index in [1.807, 2.05) is 7.05 Å². The molecular formula is C14H18N2S. The summed E-state index contributed by atoms with van der Waals surface area (Å²) in [4.78, 5) is 2.58. The highest BCUT2D eigenvalue weighted by Crippen LogP contribution is 2.33. The Labute approximate surface area is 106 Å². The van der Waals surface area contributed by atoms with E-state index < -0.39 is 0 Å². The van der Waals surface area contributed by atoms with Crippen LogP contribution in [0.15, 0.2) is 30.3 Å². The first kappa shape index (κ1) is 12.1. The molecule has 3 N–H and O–H groups in total. The number of rotatable bonds is 4. The molecule has 0 aliphatic rings. The Morgan fingerprint density at radius 3 is 2.71 bits per heavy atom. The van der Waals surface area contributed by atoms with Gasteiger partial charge in [-0.05, 0) is 44.6 Å². The zero-order chi connectivity index (χ0) is 12.3. The fourth-order valence-electron chi connectivity index (χ4n) is 1.88. The second kappa shape index (κ2) is 5.34. The van der Waals surface area contributed by atoms with Gasteiger partial charge in [0.1, 0.15) is 0 Å². The lowest BCUT2D eigenvalue weighted by molar-refractivity contribution is 0.793. The van der Waals surface area contributed by atoms with Crippen molar-refractivity contribution in [2.75, 3.05) is 19.3 Å². The highest BCUT2D eigenvalue weighted by molar-refractivity contribution is 7.15. The van der Waals surface area contributed by atoms with Crippen LogP contribution < -0.4 is 11.1 Å².